The van der Waals surface area contributed by atoms with Gasteiger partial charge in [-0.2, -0.15) is 0 Å². The second-order valence-corrected chi connectivity index (χ2v) is 7.57. The van der Waals surface area contributed by atoms with Crippen LogP contribution in [0.5, 0.6) is 0 Å². The van der Waals surface area contributed by atoms with Crippen molar-refractivity contribution in [3.8, 4) is 34.0 Å². The highest BCUT2D eigenvalue weighted by atomic mass is 16.3. The van der Waals surface area contributed by atoms with Gasteiger partial charge in [-0.3, -0.25) is 0 Å². The highest BCUT2D eigenvalue weighted by Crippen LogP contribution is 2.37. The van der Waals surface area contributed by atoms with E-state index < -0.39 is 0 Å². The molecule has 0 bridgehead atoms. The van der Waals surface area contributed by atoms with Gasteiger partial charge >= 0.3 is 0 Å². The molecular formula is C27H18N4O3. The van der Waals surface area contributed by atoms with Crippen molar-refractivity contribution in [1.82, 2.24) is 15.0 Å². The second-order valence-electron chi connectivity index (χ2n) is 7.57. The van der Waals surface area contributed by atoms with Crippen LogP contribution in [0.2, 0.25) is 0 Å². The van der Waals surface area contributed by atoms with E-state index >= 15 is 0 Å². The van der Waals surface area contributed by atoms with E-state index in [1.165, 1.54) is 19.2 Å². The molecule has 0 saturated carbocycles. The van der Waals surface area contributed by atoms with Gasteiger partial charge in [0.2, 0.25) is 0 Å². The van der Waals surface area contributed by atoms with Gasteiger partial charge in [0, 0.05) is 33.8 Å². The minimum atomic E-state index is 0.728. The molecule has 3 heterocycles. The fourth-order valence-corrected chi connectivity index (χ4v) is 3.85. The van der Waals surface area contributed by atoms with Crippen molar-refractivity contribution in [1.29, 1.82) is 0 Å². The molecule has 0 saturated heterocycles. The van der Waals surface area contributed by atoms with Crippen molar-refractivity contribution in [3.63, 3.8) is 0 Å². The molecule has 0 aliphatic rings. The lowest BCUT2D eigenvalue weighted by molar-refractivity contribution is 0.571. The quantitative estimate of drug-likeness (QED) is 0.269. The Morgan fingerprint density at radius 3 is 0.941 bits per heavy atom. The van der Waals surface area contributed by atoms with Crippen LogP contribution in [0, 0.1) is 0 Å². The summed E-state index contributed by atoms with van der Waals surface area (Å²) in [7, 11) is 0. The Kier molecular flexibility index (Phi) is 4.97. The first-order chi connectivity index (χ1) is 16.8. The Bertz CT molecular complexity index is 1270. The van der Waals surface area contributed by atoms with Crippen molar-refractivity contribution in [2.75, 3.05) is 4.90 Å². The average Bonchev–Trinajstić information content (AvgIpc) is 3.69. The molecule has 7 heteroatoms. The van der Waals surface area contributed by atoms with Crippen molar-refractivity contribution < 1.29 is 13.3 Å². The molecule has 0 fully saturated rings. The van der Waals surface area contributed by atoms with Crippen molar-refractivity contribution in [2.45, 2.75) is 0 Å². The number of aromatic nitrogens is 3. The normalized spacial score (nSPS) is 10.9. The molecular weight excluding hydrogens is 428 g/mol. The third-order valence-electron chi connectivity index (χ3n) is 5.53. The van der Waals surface area contributed by atoms with Crippen molar-refractivity contribution >= 4 is 17.1 Å². The molecule has 0 N–H and O–H groups in total. The minimum Gasteiger partial charge on any atom is -0.444 e. The Morgan fingerprint density at radius 2 is 0.706 bits per heavy atom. The summed E-state index contributed by atoms with van der Waals surface area (Å²) in [6.07, 6.45) is 9.41. The van der Waals surface area contributed by atoms with E-state index in [4.69, 9.17) is 13.3 Å². The standard InChI is InChI=1S/C27H18N4O3/c1-7-22(8-2-19(1)25-13-28-16-32-25)31(23-9-3-20(4-10-23)26-14-29-17-33-26)24-11-5-21(6-12-24)27-15-30-18-34-27/h1-18H. The van der Waals surface area contributed by atoms with Crippen LogP contribution in [0.15, 0.2) is 124 Å². The smallest absolute Gasteiger partial charge is 0.181 e. The first-order valence-electron chi connectivity index (χ1n) is 10.6. The van der Waals surface area contributed by atoms with Gasteiger partial charge < -0.3 is 18.2 Å². The largest absolute Gasteiger partial charge is 0.444 e. The zero-order chi connectivity index (χ0) is 22.7. The molecule has 0 aliphatic heterocycles. The number of benzene rings is 3. The van der Waals surface area contributed by atoms with Crippen LogP contribution in [0.25, 0.3) is 34.0 Å². The van der Waals surface area contributed by atoms with Crippen LogP contribution in [0.4, 0.5) is 17.1 Å². The van der Waals surface area contributed by atoms with E-state index in [-0.39, 0.29) is 0 Å². The number of hydrogen-bond acceptors (Lipinski definition) is 7. The van der Waals surface area contributed by atoms with Crippen LogP contribution in [-0.4, -0.2) is 15.0 Å². The summed E-state index contributed by atoms with van der Waals surface area (Å²) < 4.78 is 16.3. The number of rotatable bonds is 6. The third kappa shape index (κ3) is 3.75. The number of oxazole rings is 3. The predicted octanol–water partition coefficient (Wildman–Crippen LogP) is 7.12. The summed E-state index contributed by atoms with van der Waals surface area (Å²) in [4.78, 5) is 14.2. The second kappa shape index (κ2) is 8.55. The molecule has 7 nitrogen and oxygen atoms in total. The Labute approximate surface area is 195 Å². The fourth-order valence-electron chi connectivity index (χ4n) is 3.85. The average molecular weight is 446 g/mol. The van der Waals surface area contributed by atoms with Crippen LogP contribution < -0.4 is 4.90 Å². The van der Waals surface area contributed by atoms with Gasteiger partial charge in [-0.25, -0.2) is 15.0 Å². The summed E-state index contributed by atoms with van der Waals surface area (Å²) in [6.45, 7) is 0. The van der Waals surface area contributed by atoms with E-state index in [1.807, 2.05) is 36.4 Å². The first-order valence-corrected chi connectivity index (χ1v) is 10.6. The molecule has 0 amide bonds. The lowest BCUT2D eigenvalue weighted by atomic mass is 10.1. The van der Waals surface area contributed by atoms with Gasteiger partial charge in [-0.1, -0.05) is 0 Å². The lowest BCUT2D eigenvalue weighted by Crippen LogP contribution is -2.09. The minimum absolute atomic E-state index is 0.728. The van der Waals surface area contributed by atoms with Gasteiger partial charge in [0.25, 0.3) is 0 Å². The van der Waals surface area contributed by atoms with E-state index in [9.17, 15) is 0 Å². The molecule has 34 heavy (non-hydrogen) atoms. The molecule has 164 valence electrons. The predicted molar refractivity (Wildman–Crippen MR) is 128 cm³/mol. The van der Waals surface area contributed by atoms with Crippen LogP contribution in [-0.2, 0) is 0 Å². The molecule has 3 aromatic carbocycles. The van der Waals surface area contributed by atoms with Gasteiger partial charge in [0.15, 0.2) is 36.5 Å². The monoisotopic (exact) mass is 446 g/mol. The zero-order valence-corrected chi connectivity index (χ0v) is 17.9. The summed E-state index contributed by atoms with van der Waals surface area (Å²) in [6, 6.07) is 24.5. The summed E-state index contributed by atoms with van der Waals surface area (Å²) in [5, 5.41) is 0. The molecule has 6 aromatic rings. The van der Waals surface area contributed by atoms with Gasteiger partial charge in [0.1, 0.15) is 0 Å². The fraction of sp³-hybridized carbons (Fsp3) is 0. The number of nitrogens with zero attached hydrogens (tertiary/aromatic N) is 4. The van der Waals surface area contributed by atoms with Crippen molar-refractivity contribution in [2.24, 2.45) is 0 Å². The first kappa shape index (κ1) is 19.8. The molecule has 0 atom stereocenters. The van der Waals surface area contributed by atoms with Gasteiger partial charge in [0.05, 0.1) is 18.6 Å². The maximum Gasteiger partial charge on any atom is 0.181 e. The SMILES string of the molecule is c1ncc(-c2ccc(N(c3ccc(-c4cnco4)cc3)c3ccc(-c4cnco4)cc3)cc2)o1. The molecule has 0 unspecified atom stereocenters. The van der Waals surface area contributed by atoms with E-state index in [2.05, 4.69) is 56.3 Å². The zero-order valence-electron chi connectivity index (χ0n) is 17.9. The topological polar surface area (TPSA) is 81.3 Å². The number of anilines is 3. The molecule has 3 aromatic heterocycles. The Hall–Kier alpha value is -4.91. The van der Waals surface area contributed by atoms with Crippen LogP contribution in [0.3, 0.4) is 0 Å². The van der Waals surface area contributed by atoms with E-state index in [1.54, 1.807) is 18.6 Å². The summed E-state index contributed by atoms with van der Waals surface area (Å²) in [5.41, 5.74) is 5.89. The van der Waals surface area contributed by atoms with E-state index in [0.29, 0.717) is 0 Å². The Morgan fingerprint density at radius 1 is 0.412 bits per heavy atom. The molecule has 0 spiro atoms. The van der Waals surface area contributed by atoms with Crippen molar-refractivity contribution in [3.05, 3.63) is 111 Å². The molecule has 6 rings (SSSR count). The van der Waals surface area contributed by atoms with Gasteiger partial charge in [-0.05, 0) is 72.8 Å². The maximum absolute atomic E-state index is 5.43. The number of hydrogen-bond donors (Lipinski definition) is 0. The third-order valence-corrected chi connectivity index (χ3v) is 5.53. The Balaban J connectivity index is 1.39. The molecule has 0 radical (unpaired) electrons. The summed E-state index contributed by atoms with van der Waals surface area (Å²) >= 11 is 0. The van der Waals surface area contributed by atoms with E-state index in [0.717, 1.165) is 51.0 Å². The van der Waals surface area contributed by atoms with Gasteiger partial charge in [-0.15, -0.1) is 0 Å². The lowest BCUT2D eigenvalue weighted by Gasteiger charge is -2.26. The molecule has 0 aliphatic carbocycles. The highest BCUT2D eigenvalue weighted by molar-refractivity contribution is 5.79. The summed E-state index contributed by atoms with van der Waals surface area (Å²) in [5.74, 6) is 2.18. The maximum atomic E-state index is 5.43. The van der Waals surface area contributed by atoms with Crippen LogP contribution in [0.1, 0.15) is 0 Å². The van der Waals surface area contributed by atoms with Crippen LogP contribution >= 0.6 is 0 Å². The highest BCUT2D eigenvalue weighted by Gasteiger charge is 2.14.